The molecule has 0 spiro atoms. The van der Waals surface area contributed by atoms with Gasteiger partial charge in [-0.3, -0.25) is 9.59 Å². The molecule has 2 aromatic carbocycles. The van der Waals surface area contributed by atoms with Gasteiger partial charge in [0, 0.05) is 49.0 Å². The Morgan fingerprint density at radius 2 is 1.80 bits per heavy atom. The molecule has 2 amide bonds. The number of carbonyl (C=O) groups excluding carboxylic acids is 2. The van der Waals surface area contributed by atoms with Crippen molar-refractivity contribution in [3.8, 4) is 5.75 Å². The first-order valence-corrected chi connectivity index (χ1v) is 11.0. The fraction of sp³-hybridized carbons (Fsp3) is 0.417. The van der Waals surface area contributed by atoms with Crippen LogP contribution >= 0.6 is 11.6 Å². The summed E-state index contributed by atoms with van der Waals surface area (Å²) >= 11 is 6.00. The molecular weight excluding hydrogens is 400 g/mol. The molecule has 1 N–H and O–H groups in total. The molecule has 0 aromatic heterocycles. The van der Waals surface area contributed by atoms with Crippen LogP contribution in [0.15, 0.2) is 48.5 Å². The highest BCUT2D eigenvalue weighted by Crippen LogP contribution is 2.32. The van der Waals surface area contributed by atoms with Crippen molar-refractivity contribution in [3.63, 3.8) is 0 Å². The Bertz CT molecular complexity index is 905. The number of carbonyl (C=O) groups is 2. The van der Waals surface area contributed by atoms with Crippen molar-refractivity contribution in [3.05, 3.63) is 64.7 Å². The maximum absolute atomic E-state index is 12.5. The summed E-state index contributed by atoms with van der Waals surface area (Å²) in [5.41, 5.74) is 1.67. The monoisotopic (exact) mass is 426 g/mol. The quantitative estimate of drug-likeness (QED) is 0.725. The second-order valence-corrected chi connectivity index (χ2v) is 8.52. The Morgan fingerprint density at radius 1 is 1.03 bits per heavy atom. The predicted octanol–water partition coefficient (Wildman–Crippen LogP) is 4.09. The van der Waals surface area contributed by atoms with Gasteiger partial charge in [-0.2, -0.15) is 0 Å². The van der Waals surface area contributed by atoms with E-state index in [9.17, 15) is 9.59 Å². The number of likely N-dealkylation sites (tertiary alicyclic amines) is 1. The van der Waals surface area contributed by atoms with Crippen molar-refractivity contribution in [2.45, 2.75) is 38.2 Å². The standard InChI is InChI=1S/C24H27ClN2O3/c25-20-5-1-3-17(15-20)9-12-26-23(28)19-4-2-6-22(16-19)30-21-10-13-27(14-11-21)24(29)18-7-8-18/h1-6,15-16,18,21H,7-14H2,(H,26,28). The van der Waals surface area contributed by atoms with Gasteiger partial charge >= 0.3 is 0 Å². The lowest BCUT2D eigenvalue weighted by molar-refractivity contribution is -0.134. The number of amides is 2. The van der Waals surface area contributed by atoms with Gasteiger partial charge in [-0.15, -0.1) is 0 Å². The Labute approximate surface area is 182 Å². The number of halogens is 1. The molecule has 5 nitrogen and oxygen atoms in total. The number of nitrogens with zero attached hydrogens (tertiary/aromatic N) is 1. The van der Waals surface area contributed by atoms with E-state index in [1.165, 1.54) is 0 Å². The summed E-state index contributed by atoms with van der Waals surface area (Å²) < 4.78 is 6.10. The van der Waals surface area contributed by atoms with Gasteiger partial charge in [0.2, 0.25) is 5.91 Å². The van der Waals surface area contributed by atoms with Crippen LogP contribution in [0.25, 0.3) is 0 Å². The first kappa shape index (κ1) is 20.7. The van der Waals surface area contributed by atoms with E-state index in [-0.39, 0.29) is 17.9 Å². The van der Waals surface area contributed by atoms with Crippen molar-refractivity contribution >= 4 is 23.4 Å². The zero-order chi connectivity index (χ0) is 20.9. The van der Waals surface area contributed by atoms with Gasteiger partial charge in [0.05, 0.1) is 0 Å². The van der Waals surface area contributed by atoms with Gasteiger partial charge < -0.3 is 15.0 Å². The van der Waals surface area contributed by atoms with Crippen molar-refractivity contribution in [2.24, 2.45) is 5.92 Å². The van der Waals surface area contributed by atoms with Gasteiger partial charge in [0.1, 0.15) is 11.9 Å². The van der Waals surface area contributed by atoms with Gasteiger partial charge in [-0.05, 0) is 55.2 Å². The number of rotatable bonds is 7. The largest absolute Gasteiger partial charge is 0.490 e. The number of nitrogens with one attached hydrogen (secondary N) is 1. The van der Waals surface area contributed by atoms with E-state index in [2.05, 4.69) is 5.32 Å². The van der Waals surface area contributed by atoms with Crippen LogP contribution in [0.2, 0.25) is 5.02 Å². The lowest BCUT2D eigenvalue weighted by atomic mass is 10.1. The molecule has 1 heterocycles. The Balaban J connectivity index is 1.25. The van der Waals surface area contributed by atoms with E-state index in [1.807, 2.05) is 41.3 Å². The molecule has 1 saturated heterocycles. The Morgan fingerprint density at radius 3 is 2.53 bits per heavy atom. The maximum Gasteiger partial charge on any atom is 0.251 e. The first-order valence-electron chi connectivity index (χ1n) is 10.7. The summed E-state index contributed by atoms with van der Waals surface area (Å²) in [5, 5.41) is 3.65. The minimum atomic E-state index is -0.118. The van der Waals surface area contributed by atoms with Crippen molar-refractivity contribution in [2.75, 3.05) is 19.6 Å². The molecule has 0 bridgehead atoms. The molecule has 4 rings (SSSR count). The van der Waals surface area contributed by atoms with Crippen LogP contribution in [-0.4, -0.2) is 42.5 Å². The molecule has 0 atom stereocenters. The molecule has 30 heavy (non-hydrogen) atoms. The van der Waals surface area contributed by atoms with Crippen LogP contribution in [0.3, 0.4) is 0 Å². The smallest absolute Gasteiger partial charge is 0.251 e. The second-order valence-electron chi connectivity index (χ2n) is 8.08. The molecule has 0 unspecified atom stereocenters. The van der Waals surface area contributed by atoms with Crippen LogP contribution in [0.5, 0.6) is 5.75 Å². The normalized spacial score (nSPS) is 16.9. The van der Waals surface area contributed by atoms with Crippen LogP contribution in [0, 0.1) is 5.92 Å². The molecule has 2 fully saturated rings. The molecule has 2 aliphatic rings. The fourth-order valence-electron chi connectivity index (χ4n) is 3.80. The Kier molecular flexibility index (Phi) is 6.58. The zero-order valence-electron chi connectivity index (χ0n) is 17.0. The summed E-state index contributed by atoms with van der Waals surface area (Å²) in [7, 11) is 0. The second kappa shape index (κ2) is 9.52. The third kappa shape index (κ3) is 5.54. The van der Waals surface area contributed by atoms with E-state index in [4.69, 9.17) is 16.3 Å². The topological polar surface area (TPSA) is 58.6 Å². The van der Waals surface area contributed by atoms with E-state index in [0.717, 1.165) is 50.8 Å². The average Bonchev–Trinajstić information content (AvgIpc) is 3.59. The van der Waals surface area contributed by atoms with Crippen LogP contribution in [-0.2, 0) is 11.2 Å². The fourth-order valence-corrected chi connectivity index (χ4v) is 4.01. The highest BCUT2D eigenvalue weighted by molar-refractivity contribution is 6.30. The van der Waals surface area contributed by atoms with Crippen LogP contribution in [0.4, 0.5) is 0 Å². The third-order valence-corrected chi connectivity index (χ3v) is 5.90. The van der Waals surface area contributed by atoms with Crippen LogP contribution < -0.4 is 10.1 Å². The van der Waals surface area contributed by atoms with Gasteiger partial charge in [0.15, 0.2) is 0 Å². The Hall–Kier alpha value is -2.53. The SMILES string of the molecule is O=C(NCCc1cccc(Cl)c1)c1cccc(OC2CCN(C(=O)C3CC3)CC2)c1. The molecule has 1 aliphatic heterocycles. The number of hydrogen-bond donors (Lipinski definition) is 1. The molecule has 158 valence electrons. The third-order valence-electron chi connectivity index (χ3n) is 5.67. The molecular formula is C24H27ClN2O3. The molecule has 6 heteroatoms. The summed E-state index contributed by atoms with van der Waals surface area (Å²) in [6.07, 6.45) is 4.55. The van der Waals surface area contributed by atoms with E-state index >= 15 is 0 Å². The van der Waals surface area contributed by atoms with E-state index in [1.54, 1.807) is 12.1 Å². The van der Waals surface area contributed by atoms with E-state index in [0.29, 0.717) is 28.8 Å². The lowest BCUT2D eigenvalue weighted by Gasteiger charge is -2.32. The molecule has 1 saturated carbocycles. The van der Waals surface area contributed by atoms with Gasteiger partial charge in [0.25, 0.3) is 5.91 Å². The molecule has 2 aromatic rings. The zero-order valence-corrected chi connectivity index (χ0v) is 17.7. The highest BCUT2D eigenvalue weighted by Gasteiger charge is 2.35. The summed E-state index contributed by atoms with van der Waals surface area (Å²) in [6.45, 7) is 2.05. The minimum Gasteiger partial charge on any atom is -0.490 e. The number of ether oxygens (including phenoxy) is 1. The summed E-state index contributed by atoms with van der Waals surface area (Å²) in [4.78, 5) is 26.6. The van der Waals surface area contributed by atoms with Crippen LogP contribution in [0.1, 0.15) is 41.6 Å². The number of benzene rings is 2. The maximum atomic E-state index is 12.5. The minimum absolute atomic E-state index is 0.0781. The average molecular weight is 427 g/mol. The summed E-state index contributed by atoms with van der Waals surface area (Å²) in [6, 6.07) is 14.9. The van der Waals surface area contributed by atoms with Crippen molar-refractivity contribution in [1.82, 2.24) is 10.2 Å². The van der Waals surface area contributed by atoms with Gasteiger partial charge in [-0.25, -0.2) is 0 Å². The predicted molar refractivity (Wildman–Crippen MR) is 117 cm³/mol. The molecule has 0 radical (unpaired) electrons. The summed E-state index contributed by atoms with van der Waals surface area (Å²) in [5.74, 6) is 1.17. The molecule has 1 aliphatic carbocycles. The van der Waals surface area contributed by atoms with E-state index < -0.39 is 0 Å². The first-order chi connectivity index (χ1) is 14.6. The van der Waals surface area contributed by atoms with Gasteiger partial charge in [-0.1, -0.05) is 29.8 Å². The van der Waals surface area contributed by atoms with Crippen molar-refractivity contribution in [1.29, 1.82) is 0 Å². The number of hydrogen-bond acceptors (Lipinski definition) is 3. The lowest BCUT2D eigenvalue weighted by Crippen LogP contribution is -2.42. The highest BCUT2D eigenvalue weighted by atomic mass is 35.5. The number of piperidine rings is 1. The van der Waals surface area contributed by atoms with Crippen molar-refractivity contribution < 1.29 is 14.3 Å².